The van der Waals surface area contributed by atoms with E-state index in [1.54, 1.807) is 32.2 Å². The van der Waals surface area contributed by atoms with E-state index in [4.69, 9.17) is 4.74 Å². The van der Waals surface area contributed by atoms with Crippen molar-refractivity contribution in [1.82, 2.24) is 4.98 Å². The lowest BCUT2D eigenvalue weighted by Crippen LogP contribution is -2.24. The van der Waals surface area contributed by atoms with Gasteiger partial charge in [-0.2, -0.15) is 13.2 Å². The summed E-state index contributed by atoms with van der Waals surface area (Å²) in [6.07, 6.45) is -3.54. The standard InChI is InChI=1S/C26H23F3N2O3S/c1-25(2,3)18-11-17(26(27,28)29)20(12-21(18)34-14-15-7-5-4-6-8-15)31-24(33)16-13-30-19-9-10-35-23(19)22(16)32/h4-13H,14H2,1-3H3,(H,30,32)(H,31,33). The number of alkyl halides is 3. The lowest BCUT2D eigenvalue weighted by Gasteiger charge is -2.26. The molecule has 4 aromatic rings. The number of halogens is 3. The topological polar surface area (TPSA) is 71.2 Å². The second kappa shape index (κ2) is 9.22. The fourth-order valence-electron chi connectivity index (χ4n) is 3.65. The number of aromatic nitrogens is 1. The molecule has 0 saturated heterocycles. The molecule has 0 spiro atoms. The van der Waals surface area contributed by atoms with Gasteiger partial charge in [0.25, 0.3) is 5.91 Å². The molecule has 2 aromatic heterocycles. The van der Waals surface area contributed by atoms with Gasteiger partial charge in [-0.05, 0) is 28.5 Å². The molecule has 0 aliphatic rings. The molecule has 0 unspecified atom stereocenters. The first-order valence-corrected chi connectivity index (χ1v) is 11.7. The maximum atomic E-state index is 14.0. The average molecular weight is 501 g/mol. The van der Waals surface area contributed by atoms with Crippen molar-refractivity contribution in [1.29, 1.82) is 0 Å². The summed E-state index contributed by atoms with van der Waals surface area (Å²) < 4.78 is 48.4. The maximum Gasteiger partial charge on any atom is 0.418 e. The van der Waals surface area contributed by atoms with Crippen LogP contribution in [0, 0.1) is 0 Å². The molecular weight excluding hydrogens is 477 g/mol. The number of H-pyrrole nitrogens is 1. The third kappa shape index (κ3) is 5.24. The summed E-state index contributed by atoms with van der Waals surface area (Å²) in [7, 11) is 0. The molecule has 0 radical (unpaired) electrons. The number of ether oxygens (including phenoxy) is 1. The molecule has 2 N–H and O–H groups in total. The lowest BCUT2D eigenvalue weighted by molar-refractivity contribution is -0.137. The van der Waals surface area contributed by atoms with Crippen LogP contribution in [-0.2, 0) is 18.2 Å². The van der Waals surface area contributed by atoms with Crippen LogP contribution in [0.25, 0.3) is 10.2 Å². The van der Waals surface area contributed by atoms with Crippen LogP contribution < -0.4 is 15.5 Å². The molecule has 0 aliphatic heterocycles. The van der Waals surface area contributed by atoms with Crippen molar-refractivity contribution in [3.8, 4) is 5.75 Å². The number of thiophene rings is 1. The van der Waals surface area contributed by atoms with Gasteiger partial charge in [-0.25, -0.2) is 0 Å². The molecule has 0 fully saturated rings. The Morgan fingerprint density at radius 3 is 2.43 bits per heavy atom. The van der Waals surface area contributed by atoms with E-state index in [-0.39, 0.29) is 17.9 Å². The molecule has 2 heterocycles. The van der Waals surface area contributed by atoms with Crippen molar-refractivity contribution in [3.05, 3.63) is 92.6 Å². The Balaban J connectivity index is 1.77. The summed E-state index contributed by atoms with van der Waals surface area (Å²) in [4.78, 5) is 28.4. The molecule has 0 saturated carbocycles. The highest BCUT2D eigenvalue weighted by molar-refractivity contribution is 7.17. The van der Waals surface area contributed by atoms with E-state index in [9.17, 15) is 22.8 Å². The van der Waals surface area contributed by atoms with E-state index in [0.29, 0.717) is 15.8 Å². The van der Waals surface area contributed by atoms with Crippen LogP contribution in [0.3, 0.4) is 0 Å². The number of benzene rings is 2. The Morgan fingerprint density at radius 2 is 1.77 bits per heavy atom. The second-order valence-electron chi connectivity index (χ2n) is 9.06. The van der Waals surface area contributed by atoms with Crippen LogP contribution in [0.5, 0.6) is 5.75 Å². The predicted molar refractivity (Wildman–Crippen MR) is 131 cm³/mol. The third-order valence-corrected chi connectivity index (χ3v) is 6.36. The monoisotopic (exact) mass is 500 g/mol. The van der Waals surface area contributed by atoms with Crippen LogP contribution in [-0.4, -0.2) is 10.9 Å². The van der Waals surface area contributed by atoms with Crippen molar-refractivity contribution in [2.45, 2.75) is 39.0 Å². The smallest absolute Gasteiger partial charge is 0.418 e. The molecule has 35 heavy (non-hydrogen) atoms. The summed E-state index contributed by atoms with van der Waals surface area (Å²) in [5, 5.41) is 3.98. The zero-order chi connectivity index (χ0) is 25.4. The number of rotatable bonds is 5. The second-order valence-corrected chi connectivity index (χ2v) is 9.98. The summed E-state index contributed by atoms with van der Waals surface area (Å²) in [5.74, 6) is -0.725. The molecule has 0 aliphatic carbocycles. The van der Waals surface area contributed by atoms with Crippen molar-refractivity contribution in [2.24, 2.45) is 0 Å². The van der Waals surface area contributed by atoms with Crippen molar-refractivity contribution in [3.63, 3.8) is 0 Å². The lowest BCUT2D eigenvalue weighted by atomic mass is 9.84. The highest BCUT2D eigenvalue weighted by atomic mass is 32.1. The number of hydrogen-bond acceptors (Lipinski definition) is 4. The van der Waals surface area contributed by atoms with Crippen LogP contribution in [0.4, 0.5) is 18.9 Å². The van der Waals surface area contributed by atoms with Gasteiger partial charge >= 0.3 is 6.18 Å². The number of aromatic amines is 1. The van der Waals surface area contributed by atoms with Gasteiger partial charge in [-0.15, -0.1) is 11.3 Å². The Labute approximate surface area is 203 Å². The molecule has 0 bridgehead atoms. The first kappa shape index (κ1) is 24.5. The molecular formula is C26H23F3N2O3S. The average Bonchev–Trinajstić information content (AvgIpc) is 3.27. The Hall–Kier alpha value is -3.59. The van der Waals surface area contributed by atoms with Crippen molar-refractivity contribution in [2.75, 3.05) is 5.32 Å². The Morgan fingerprint density at radius 1 is 1.06 bits per heavy atom. The zero-order valence-electron chi connectivity index (χ0n) is 19.2. The first-order chi connectivity index (χ1) is 16.4. The summed E-state index contributed by atoms with van der Waals surface area (Å²) in [6, 6.07) is 13.1. The van der Waals surface area contributed by atoms with E-state index in [0.717, 1.165) is 23.0 Å². The number of carbonyl (C=O) groups excluding carboxylic acids is 1. The molecule has 9 heteroatoms. The SMILES string of the molecule is CC(C)(C)c1cc(C(F)(F)F)c(NC(=O)c2c[nH]c3ccsc3c2=O)cc1OCc1ccccc1. The quantitative estimate of drug-likeness (QED) is 0.319. The van der Waals surface area contributed by atoms with Gasteiger partial charge < -0.3 is 15.0 Å². The Bertz CT molecular complexity index is 1430. The largest absolute Gasteiger partial charge is 0.489 e. The number of nitrogens with one attached hydrogen (secondary N) is 2. The highest BCUT2D eigenvalue weighted by Crippen LogP contribution is 2.42. The van der Waals surface area contributed by atoms with Crippen LogP contribution in [0.2, 0.25) is 0 Å². The minimum absolute atomic E-state index is 0.136. The normalized spacial score (nSPS) is 12.1. The van der Waals surface area contributed by atoms with E-state index in [1.807, 2.05) is 30.3 Å². The van der Waals surface area contributed by atoms with Gasteiger partial charge in [0, 0.05) is 17.8 Å². The molecule has 5 nitrogen and oxygen atoms in total. The number of carbonyl (C=O) groups is 1. The first-order valence-electron chi connectivity index (χ1n) is 10.8. The van der Waals surface area contributed by atoms with E-state index in [1.165, 1.54) is 12.3 Å². The number of amides is 1. The summed E-state index contributed by atoms with van der Waals surface area (Å²) in [5.41, 5.74) is -1.26. The van der Waals surface area contributed by atoms with Gasteiger partial charge in [0.1, 0.15) is 17.9 Å². The number of pyridine rings is 1. The van der Waals surface area contributed by atoms with E-state index < -0.39 is 34.2 Å². The summed E-state index contributed by atoms with van der Waals surface area (Å²) >= 11 is 1.15. The molecule has 4 rings (SSSR count). The fraction of sp³-hybridized carbons (Fsp3) is 0.231. The highest BCUT2D eigenvalue weighted by Gasteiger charge is 2.37. The predicted octanol–water partition coefficient (Wildman–Crippen LogP) is 6.74. The fourth-order valence-corrected chi connectivity index (χ4v) is 4.46. The summed E-state index contributed by atoms with van der Waals surface area (Å²) in [6.45, 7) is 5.49. The van der Waals surface area contributed by atoms with Crippen LogP contribution in [0.15, 0.2) is 64.9 Å². The number of hydrogen-bond donors (Lipinski definition) is 2. The van der Waals surface area contributed by atoms with E-state index >= 15 is 0 Å². The van der Waals surface area contributed by atoms with E-state index in [2.05, 4.69) is 10.3 Å². The Kier molecular flexibility index (Phi) is 6.46. The van der Waals surface area contributed by atoms with Gasteiger partial charge in [-0.1, -0.05) is 51.1 Å². The molecule has 182 valence electrons. The number of anilines is 1. The third-order valence-electron chi connectivity index (χ3n) is 5.45. The molecule has 2 aromatic carbocycles. The van der Waals surface area contributed by atoms with Gasteiger partial charge in [-0.3, -0.25) is 9.59 Å². The van der Waals surface area contributed by atoms with Crippen molar-refractivity contribution < 1.29 is 22.7 Å². The molecule has 1 amide bonds. The maximum absolute atomic E-state index is 14.0. The van der Waals surface area contributed by atoms with Gasteiger partial charge in [0.15, 0.2) is 0 Å². The van der Waals surface area contributed by atoms with Gasteiger partial charge in [0.05, 0.1) is 21.5 Å². The molecule has 0 atom stereocenters. The van der Waals surface area contributed by atoms with Crippen molar-refractivity contribution >= 4 is 33.1 Å². The minimum Gasteiger partial charge on any atom is -0.489 e. The zero-order valence-corrected chi connectivity index (χ0v) is 20.1. The minimum atomic E-state index is -4.75. The van der Waals surface area contributed by atoms with Crippen LogP contribution in [0.1, 0.15) is 47.8 Å². The number of fused-ring (bicyclic) bond motifs is 1. The van der Waals surface area contributed by atoms with Crippen LogP contribution >= 0.6 is 11.3 Å². The van der Waals surface area contributed by atoms with Gasteiger partial charge in [0.2, 0.25) is 5.43 Å².